The van der Waals surface area contributed by atoms with Gasteiger partial charge >= 0.3 is 0 Å². The Labute approximate surface area is 119 Å². The number of imidazole rings is 1. The van der Waals surface area contributed by atoms with Crippen molar-refractivity contribution in [3.05, 3.63) is 29.1 Å². The van der Waals surface area contributed by atoms with Crippen molar-refractivity contribution in [2.45, 2.75) is 52.0 Å². The molecule has 1 fully saturated rings. The van der Waals surface area contributed by atoms with E-state index < -0.39 is 0 Å². The van der Waals surface area contributed by atoms with E-state index in [1.54, 1.807) is 0 Å². The molecule has 0 aliphatic heterocycles. The van der Waals surface area contributed by atoms with Crippen LogP contribution in [0, 0.1) is 19.8 Å². The average Bonchev–Trinajstić information content (AvgIpc) is 2.63. The molecular weight excluding hydrogens is 256 g/mol. The fraction of sp³-hybridized carbons (Fsp3) is 0.562. The molecule has 1 aliphatic rings. The maximum Gasteiger partial charge on any atom is 0.127 e. The molecule has 0 spiro atoms. The van der Waals surface area contributed by atoms with Gasteiger partial charge in [0, 0.05) is 6.54 Å². The summed E-state index contributed by atoms with van der Waals surface area (Å²) in [6.45, 7) is 7.40. The molecule has 1 aromatic heterocycles. The second-order valence-electron chi connectivity index (χ2n) is 5.92. The van der Waals surface area contributed by atoms with E-state index in [9.17, 15) is 0 Å². The topological polar surface area (TPSA) is 17.8 Å². The summed E-state index contributed by atoms with van der Waals surface area (Å²) in [5.41, 5.74) is 4.97. The quantitative estimate of drug-likeness (QED) is 0.740. The van der Waals surface area contributed by atoms with Gasteiger partial charge in [0.15, 0.2) is 0 Å². The fourth-order valence-corrected chi connectivity index (χ4v) is 2.99. The van der Waals surface area contributed by atoms with Gasteiger partial charge in [0.25, 0.3) is 0 Å². The maximum absolute atomic E-state index is 6.32. The number of benzene rings is 1. The highest BCUT2D eigenvalue weighted by atomic mass is 35.5. The molecule has 0 saturated heterocycles. The average molecular weight is 277 g/mol. The van der Waals surface area contributed by atoms with Crippen LogP contribution in [0.1, 0.15) is 48.5 Å². The lowest BCUT2D eigenvalue weighted by molar-refractivity contribution is 0.276. The maximum atomic E-state index is 6.32. The summed E-state index contributed by atoms with van der Waals surface area (Å²) in [6, 6.07) is 4.45. The van der Waals surface area contributed by atoms with E-state index in [-0.39, 0.29) is 5.38 Å². The number of aryl methyl sites for hydroxylation is 2. The first-order chi connectivity index (χ1) is 9.06. The lowest BCUT2D eigenvalue weighted by Gasteiger charge is -2.27. The molecule has 1 atom stereocenters. The number of hydrogen-bond donors (Lipinski definition) is 0. The van der Waals surface area contributed by atoms with Crippen molar-refractivity contribution in [3.8, 4) is 0 Å². The van der Waals surface area contributed by atoms with Crippen LogP contribution in [0.4, 0.5) is 0 Å². The van der Waals surface area contributed by atoms with Crippen molar-refractivity contribution in [2.75, 3.05) is 0 Å². The number of rotatable bonds is 3. The second-order valence-corrected chi connectivity index (χ2v) is 6.57. The minimum absolute atomic E-state index is 0.0342. The highest BCUT2D eigenvalue weighted by molar-refractivity contribution is 6.20. The molecular formula is C16H21ClN2. The molecule has 0 bridgehead atoms. The lowest BCUT2D eigenvalue weighted by Crippen LogP contribution is -2.19. The Morgan fingerprint density at radius 2 is 2.00 bits per heavy atom. The number of aromatic nitrogens is 2. The third-order valence-corrected chi connectivity index (χ3v) is 4.61. The summed E-state index contributed by atoms with van der Waals surface area (Å²) in [4.78, 5) is 4.76. The van der Waals surface area contributed by atoms with E-state index in [2.05, 4.69) is 30.5 Å². The predicted molar refractivity (Wildman–Crippen MR) is 80.8 cm³/mol. The molecule has 1 aromatic carbocycles. The Morgan fingerprint density at radius 3 is 2.58 bits per heavy atom. The lowest BCUT2D eigenvalue weighted by atomic mass is 9.85. The van der Waals surface area contributed by atoms with Crippen LogP contribution >= 0.6 is 11.6 Å². The first-order valence-electron chi connectivity index (χ1n) is 7.17. The molecule has 3 rings (SSSR count). The van der Waals surface area contributed by atoms with Crippen LogP contribution in [0.2, 0.25) is 0 Å². The zero-order valence-corrected chi connectivity index (χ0v) is 12.7. The molecule has 1 aliphatic carbocycles. The molecule has 0 radical (unpaired) electrons. The molecule has 3 heteroatoms. The van der Waals surface area contributed by atoms with Gasteiger partial charge in [-0.05, 0) is 62.8 Å². The number of fused-ring (bicyclic) bond motifs is 1. The molecule has 0 amide bonds. The number of nitrogens with zero attached hydrogens (tertiary/aromatic N) is 2. The SMILES string of the molecule is Cc1cc2nc(C(C)Cl)n(CC3CCC3)c2cc1C. The monoisotopic (exact) mass is 276 g/mol. The van der Waals surface area contributed by atoms with Gasteiger partial charge in [-0.1, -0.05) is 6.42 Å². The van der Waals surface area contributed by atoms with Crippen molar-refractivity contribution in [1.29, 1.82) is 0 Å². The standard InChI is InChI=1S/C16H21ClN2/c1-10-7-14-15(8-11(10)2)19(9-13-5-4-6-13)16(18-14)12(3)17/h7-8,12-13H,4-6,9H2,1-3H3. The van der Waals surface area contributed by atoms with Crippen molar-refractivity contribution in [2.24, 2.45) is 5.92 Å². The Morgan fingerprint density at radius 1 is 1.32 bits per heavy atom. The van der Waals surface area contributed by atoms with Crippen molar-refractivity contribution < 1.29 is 0 Å². The van der Waals surface area contributed by atoms with Crippen molar-refractivity contribution >= 4 is 22.6 Å². The van der Waals surface area contributed by atoms with Gasteiger partial charge in [-0.2, -0.15) is 0 Å². The molecule has 102 valence electrons. The van der Waals surface area contributed by atoms with Crippen LogP contribution in [-0.4, -0.2) is 9.55 Å². The van der Waals surface area contributed by atoms with E-state index in [0.717, 1.165) is 23.8 Å². The van der Waals surface area contributed by atoms with Gasteiger partial charge < -0.3 is 4.57 Å². The molecule has 0 N–H and O–H groups in total. The molecule has 19 heavy (non-hydrogen) atoms. The highest BCUT2D eigenvalue weighted by Crippen LogP contribution is 2.32. The molecule has 2 nitrogen and oxygen atoms in total. The van der Waals surface area contributed by atoms with Gasteiger partial charge in [0.2, 0.25) is 0 Å². The molecule has 1 saturated carbocycles. The minimum atomic E-state index is -0.0342. The third-order valence-electron chi connectivity index (χ3n) is 4.41. The number of halogens is 1. The van der Waals surface area contributed by atoms with Gasteiger partial charge in [-0.3, -0.25) is 0 Å². The Kier molecular flexibility index (Phi) is 3.30. The normalized spacial score (nSPS) is 17.7. The van der Waals surface area contributed by atoms with Crippen LogP contribution < -0.4 is 0 Å². The van der Waals surface area contributed by atoms with E-state index in [0.29, 0.717) is 0 Å². The Bertz CT molecular complexity index is 609. The van der Waals surface area contributed by atoms with Gasteiger partial charge in [-0.25, -0.2) is 4.98 Å². The van der Waals surface area contributed by atoms with E-state index >= 15 is 0 Å². The predicted octanol–water partition coefficient (Wildman–Crippen LogP) is 4.75. The van der Waals surface area contributed by atoms with E-state index in [4.69, 9.17) is 16.6 Å². The first-order valence-corrected chi connectivity index (χ1v) is 7.61. The van der Waals surface area contributed by atoms with E-state index in [1.165, 1.54) is 35.9 Å². The highest BCUT2D eigenvalue weighted by Gasteiger charge is 2.22. The summed E-state index contributed by atoms with van der Waals surface area (Å²) in [6.07, 6.45) is 4.07. The molecule has 1 unspecified atom stereocenters. The zero-order chi connectivity index (χ0) is 13.6. The fourth-order valence-electron chi connectivity index (χ4n) is 2.83. The number of hydrogen-bond acceptors (Lipinski definition) is 1. The van der Waals surface area contributed by atoms with Gasteiger partial charge in [0.1, 0.15) is 5.82 Å². The van der Waals surface area contributed by atoms with E-state index in [1.807, 2.05) is 6.92 Å². The van der Waals surface area contributed by atoms with Crippen LogP contribution in [0.3, 0.4) is 0 Å². The smallest absolute Gasteiger partial charge is 0.127 e. The largest absolute Gasteiger partial charge is 0.326 e. The van der Waals surface area contributed by atoms with Crippen molar-refractivity contribution in [3.63, 3.8) is 0 Å². The third kappa shape index (κ3) is 2.27. The van der Waals surface area contributed by atoms with Crippen LogP contribution in [0.5, 0.6) is 0 Å². The van der Waals surface area contributed by atoms with Crippen LogP contribution in [0.25, 0.3) is 11.0 Å². The van der Waals surface area contributed by atoms with Gasteiger partial charge in [0.05, 0.1) is 16.4 Å². The summed E-state index contributed by atoms with van der Waals surface area (Å²) in [5, 5.41) is -0.0342. The summed E-state index contributed by atoms with van der Waals surface area (Å²) < 4.78 is 2.35. The number of alkyl halides is 1. The summed E-state index contributed by atoms with van der Waals surface area (Å²) >= 11 is 6.32. The van der Waals surface area contributed by atoms with Crippen LogP contribution in [-0.2, 0) is 6.54 Å². The molecule has 1 heterocycles. The summed E-state index contributed by atoms with van der Waals surface area (Å²) in [7, 11) is 0. The minimum Gasteiger partial charge on any atom is -0.326 e. The van der Waals surface area contributed by atoms with Crippen LogP contribution in [0.15, 0.2) is 12.1 Å². The first kappa shape index (κ1) is 13.0. The molecule has 2 aromatic rings. The van der Waals surface area contributed by atoms with Crippen molar-refractivity contribution in [1.82, 2.24) is 9.55 Å². The Balaban J connectivity index is 2.13. The Hall–Kier alpha value is -1.02. The summed E-state index contributed by atoms with van der Waals surface area (Å²) in [5.74, 6) is 1.83. The second kappa shape index (κ2) is 4.82. The van der Waals surface area contributed by atoms with Gasteiger partial charge in [-0.15, -0.1) is 11.6 Å². The zero-order valence-electron chi connectivity index (χ0n) is 11.9.